The summed E-state index contributed by atoms with van der Waals surface area (Å²) in [5.41, 5.74) is 0. The Morgan fingerprint density at radius 2 is 1.91 bits per heavy atom. The largest absolute Gasteiger partial charge is 0.483 e. The maximum atomic E-state index is 12.1. The number of carbonyl (C=O) groups is 4. The van der Waals surface area contributed by atoms with Gasteiger partial charge in [-0.3, -0.25) is 19.2 Å². The summed E-state index contributed by atoms with van der Waals surface area (Å²) >= 11 is 0. The second kappa shape index (κ2) is 11.4. The molecule has 0 radical (unpaired) electrons. The van der Waals surface area contributed by atoms with E-state index >= 15 is 0 Å². The molecule has 23 heavy (non-hydrogen) atoms. The molecule has 0 aromatic rings. The van der Waals surface area contributed by atoms with Crippen LogP contribution in [0.5, 0.6) is 0 Å². The number of likely N-dealkylation sites (tertiary alicyclic amines) is 1. The minimum atomic E-state index is -1.02. The summed E-state index contributed by atoms with van der Waals surface area (Å²) < 4.78 is 0. The lowest BCUT2D eigenvalue weighted by Crippen LogP contribution is -2.41. The van der Waals surface area contributed by atoms with Gasteiger partial charge in [0.2, 0.25) is 11.8 Å². The van der Waals surface area contributed by atoms with Gasteiger partial charge in [0.15, 0.2) is 0 Å². The molecule has 2 N–H and O–H groups in total. The number of rotatable bonds is 8. The van der Waals surface area contributed by atoms with Crippen LogP contribution in [0.15, 0.2) is 0 Å². The number of amides is 2. The third kappa shape index (κ3) is 9.46. The average Bonchev–Trinajstić information content (AvgIpc) is 2.86. The summed E-state index contributed by atoms with van der Waals surface area (Å²) in [7, 11) is 3.73. The highest BCUT2D eigenvalue weighted by Crippen LogP contribution is 2.10. The minimum absolute atomic E-state index is 0.0795. The van der Waals surface area contributed by atoms with E-state index in [-0.39, 0.29) is 31.3 Å². The first-order chi connectivity index (χ1) is 10.8. The number of hydrogen-bond donors (Lipinski definition) is 2. The molecule has 9 nitrogen and oxygen atoms in total. The van der Waals surface area contributed by atoms with Crippen molar-refractivity contribution in [3.05, 3.63) is 0 Å². The fraction of sp³-hybridized carbons (Fsp3) is 0.714. The van der Waals surface area contributed by atoms with Gasteiger partial charge in [0.25, 0.3) is 6.47 Å². The van der Waals surface area contributed by atoms with Crippen LogP contribution in [0.3, 0.4) is 0 Å². The number of likely N-dealkylation sites (N-methyl/N-ethyl adjacent to an activating group) is 1. The molecule has 9 heteroatoms. The first-order valence-electron chi connectivity index (χ1n) is 7.31. The van der Waals surface area contributed by atoms with Crippen molar-refractivity contribution >= 4 is 24.3 Å². The van der Waals surface area contributed by atoms with Gasteiger partial charge in [-0.2, -0.15) is 0 Å². The van der Waals surface area contributed by atoms with Crippen LogP contribution in [-0.4, -0.2) is 96.0 Å². The summed E-state index contributed by atoms with van der Waals surface area (Å²) in [6.45, 7) is 1.53. The number of carboxylic acid groups (broad SMARTS) is 2. The Morgan fingerprint density at radius 1 is 1.30 bits per heavy atom. The fourth-order valence-corrected chi connectivity index (χ4v) is 2.11. The van der Waals surface area contributed by atoms with E-state index in [1.54, 1.807) is 4.90 Å². The Labute approximate surface area is 135 Å². The molecule has 0 aromatic carbocycles. The lowest BCUT2D eigenvalue weighted by molar-refractivity contribution is -0.145. The second-order valence-corrected chi connectivity index (χ2v) is 5.35. The zero-order chi connectivity index (χ0) is 17.8. The molecule has 0 atom stereocenters. The Morgan fingerprint density at radius 3 is 2.35 bits per heavy atom. The molecule has 1 heterocycles. The monoisotopic (exact) mass is 331 g/mol. The number of nitrogens with zero attached hydrogens (tertiary/aromatic N) is 3. The van der Waals surface area contributed by atoms with Crippen molar-refractivity contribution in [2.45, 2.75) is 19.3 Å². The highest BCUT2D eigenvalue weighted by Gasteiger charge is 2.22. The molecule has 2 amide bonds. The van der Waals surface area contributed by atoms with Gasteiger partial charge in [-0.25, -0.2) is 0 Å². The first kappa shape index (κ1) is 20.8. The SMILES string of the molecule is CN(C)CCN(CC(=O)O)C(=O)CCN1CCCC1=O.O=CO. The van der Waals surface area contributed by atoms with Crippen LogP contribution in [0.1, 0.15) is 19.3 Å². The average molecular weight is 331 g/mol. The van der Waals surface area contributed by atoms with Crippen molar-refractivity contribution in [3.8, 4) is 0 Å². The molecule has 1 rings (SSSR count). The molecule has 1 fully saturated rings. The van der Waals surface area contributed by atoms with Crippen molar-refractivity contribution in [1.82, 2.24) is 14.7 Å². The maximum absolute atomic E-state index is 12.1. The topological polar surface area (TPSA) is 118 Å². The van der Waals surface area contributed by atoms with Crippen LogP contribution in [0, 0.1) is 0 Å². The van der Waals surface area contributed by atoms with Gasteiger partial charge >= 0.3 is 5.97 Å². The molecule has 0 bridgehead atoms. The summed E-state index contributed by atoms with van der Waals surface area (Å²) in [4.78, 5) is 47.6. The predicted octanol–water partition coefficient (Wildman–Crippen LogP) is -0.825. The van der Waals surface area contributed by atoms with Crippen molar-refractivity contribution in [1.29, 1.82) is 0 Å². The van der Waals surface area contributed by atoms with E-state index in [4.69, 9.17) is 15.0 Å². The standard InChI is InChI=1S/C13H23N3O4.CH2O2/c1-14(2)8-9-16(10-13(19)20)12(18)5-7-15-6-3-4-11(15)17;2-1-3/h3-10H2,1-2H3,(H,19,20);1H,(H,2,3). The lowest BCUT2D eigenvalue weighted by atomic mass is 10.3. The molecule has 0 aromatic heterocycles. The van der Waals surface area contributed by atoms with Gasteiger partial charge in [0.1, 0.15) is 6.54 Å². The van der Waals surface area contributed by atoms with E-state index in [9.17, 15) is 14.4 Å². The Bertz CT molecular complexity index is 413. The molecule has 1 saturated heterocycles. The van der Waals surface area contributed by atoms with Crippen molar-refractivity contribution < 1.29 is 29.4 Å². The minimum Gasteiger partial charge on any atom is -0.483 e. The fourth-order valence-electron chi connectivity index (χ4n) is 2.11. The van der Waals surface area contributed by atoms with E-state index < -0.39 is 5.97 Å². The maximum Gasteiger partial charge on any atom is 0.323 e. The summed E-state index contributed by atoms with van der Waals surface area (Å²) in [6, 6.07) is 0. The van der Waals surface area contributed by atoms with Gasteiger partial charge in [-0.05, 0) is 20.5 Å². The van der Waals surface area contributed by atoms with Gasteiger partial charge in [0, 0.05) is 39.0 Å². The zero-order valence-electron chi connectivity index (χ0n) is 13.6. The third-order valence-corrected chi connectivity index (χ3v) is 3.26. The van der Waals surface area contributed by atoms with Crippen molar-refractivity contribution in [3.63, 3.8) is 0 Å². The highest BCUT2D eigenvalue weighted by atomic mass is 16.4. The first-order valence-corrected chi connectivity index (χ1v) is 7.31. The van der Waals surface area contributed by atoms with Gasteiger partial charge in [0.05, 0.1) is 0 Å². The molecule has 1 aliphatic heterocycles. The Kier molecular flexibility index (Phi) is 10.3. The van der Waals surface area contributed by atoms with Gasteiger partial charge in [-0.15, -0.1) is 0 Å². The van der Waals surface area contributed by atoms with Crippen molar-refractivity contribution in [2.24, 2.45) is 0 Å². The van der Waals surface area contributed by atoms with E-state index in [0.717, 1.165) is 6.42 Å². The predicted molar refractivity (Wildman–Crippen MR) is 81.9 cm³/mol. The Balaban J connectivity index is 0.00000149. The molecule has 1 aliphatic rings. The van der Waals surface area contributed by atoms with Crippen molar-refractivity contribution in [2.75, 3.05) is 46.8 Å². The molecule has 0 unspecified atom stereocenters. The smallest absolute Gasteiger partial charge is 0.323 e. The van der Waals surface area contributed by atoms with Crippen LogP contribution in [0.2, 0.25) is 0 Å². The highest BCUT2D eigenvalue weighted by molar-refractivity contribution is 5.82. The molecule has 0 saturated carbocycles. The Hall–Kier alpha value is -2.16. The van der Waals surface area contributed by atoms with Crippen LogP contribution in [-0.2, 0) is 19.2 Å². The van der Waals surface area contributed by atoms with E-state index in [1.807, 2.05) is 19.0 Å². The molecule has 0 aliphatic carbocycles. The second-order valence-electron chi connectivity index (χ2n) is 5.35. The zero-order valence-corrected chi connectivity index (χ0v) is 13.6. The number of carboxylic acids is 1. The van der Waals surface area contributed by atoms with Crippen LogP contribution >= 0.6 is 0 Å². The van der Waals surface area contributed by atoms with E-state index in [2.05, 4.69) is 0 Å². The molecular formula is C14H25N3O6. The quantitative estimate of drug-likeness (QED) is 0.557. The van der Waals surface area contributed by atoms with E-state index in [0.29, 0.717) is 32.6 Å². The third-order valence-electron chi connectivity index (χ3n) is 3.26. The number of hydrogen-bond acceptors (Lipinski definition) is 5. The lowest BCUT2D eigenvalue weighted by Gasteiger charge is -2.24. The summed E-state index contributed by atoms with van der Waals surface area (Å²) in [5.74, 6) is -1.15. The summed E-state index contributed by atoms with van der Waals surface area (Å²) in [6.07, 6.45) is 1.58. The van der Waals surface area contributed by atoms with Crippen LogP contribution in [0.25, 0.3) is 0 Å². The summed E-state index contributed by atoms with van der Waals surface area (Å²) in [5, 5.41) is 15.7. The molecule has 132 valence electrons. The number of carbonyl (C=O) groups excluding carboxylic acids is 2. The molecule has 0 spiro atoms. The number of aliphatic carboxylic acids is 1. The normalized spacial score (nSPS) is 13.5. The molecular weight excluding hydrogens is 306 g/mol. The van der Waals surface area contributed by atoms with Gasteiger partial charge in [-0.1, -0.05) is 0 Å². The van der Waals surface area contributed by atoms with Crippen LogP contribution in [0.4, 0.5) is 0 Å². The van der Waals surface area contributed by atoms with E-state index in [1.165, 1.54) is 4.90 Å². The van der Waals surface area contributed by atoms with Gasteiger partial charge < -0.3 is 24.9 Å². The van der Waals surface area contributed by atoms with Crippen LogP contribution < -0.4 is 0 Å².